The van der Waals surface area contributed by atoms with E-state index in [2.05, 4.69) is 25.7 Å². The molecule has 0 unspecified atom stereocenters. The van der Waals surface area contributed by atoms with E-state index >= 15 is 0 Å². The Balaban J connectivity index is 1.86. The van der Waals surface area contributed by atoms with Crippen molar-refractivity contribution in [2.24, 2.45) is 7.05 Å². The van der Waals surface area contributed by atoms with E-state index in [-0.39, 0.29) is 11.4 Å². The van der Waals surface area contributed by atoms with Crippen LogP contribution in [-0.4, -0.2) is 43.4 Å². The molecule has 0 saturated carbocycles. The molecule has 0 aromatic carbocycles. The molecule has 9 nitrogen and oxygen atoms in total. The van der Waals surface area contributed by atoms with Gasteiger partial charge in [0.1, 0.15) is 12.0 Å². The van der Waals surface area contributed by atoms with Gasteiger partial charge in [-0.15, -0.1) is 0 Å². The van der Waals surface area contributed by atoms with Crippen molar-refractivity contribution in [2.75, 3.05) is 11.9 Å². The minimum absolute atomic E-state index is 0.0472. The van der Waals surface area contributed by atoms with Gasteiger partial charge in [0.15, 0.2) is 5.82 Å². The van der Waals surface area contributed by atoms with E-state index in [0.717, 1.165) is 0 Å². The number of hydrogen-bond donors (Lipinski definition) is 4. The number of carboxylic acid groups (broad SMARTS) is 1. The van der Waals surface area contributed by atoms with Gasteiger partial charge in [0.25, 0.3) is 0 Å². The number of carboxylic acids is 1. The van der Waals surface area contributed by atoms with Gasteiger partial charge < -0.3 is 20.7 Å². The van der Waals surface area contributed by atoms with Gasteiger partial charge in [-0.1, -0.05) is 0 Å². The third-order valence-electron chi connectivity index (χ3n) is 2.70. The summed E-state index contributed by atoms with van der Waals surface area (Å²) in [6.07, 6.45) is 2.07. The highest BCUT2D eigenvalue weighted by atomic mass is 16.4. The molecule has 0 aliphatic rings. The first-order valence-corrected chi connectivity index (χ1v) is 6.28. The van der Waals surface area contributed by atoms with Crippen LogP contribution in [0.15, 0.2) is 12.4 Å². The lowest BCUT2D eigenvalue weighted by Crippen LogP contribution is -2.31. The third kappa shape index (κ3) is 3.81. The normalized spacial score (nSPS) is 10.4. The lowest BCUT2D eigenvalue weighted by atomic mass is 10.3. The number of nitrogens with one attached hydrogen (secondary N) is 3. The van der Waals surface area contributed by atoms with Crippen LogP contribution in [-0.2, 0) is 13.5 Å². The molecule has 0 aliphatic carbocycles. The molecule has 2 amide bonds. The third-order valence-corrected chi connectivity index (χ3v) is 2.70. The molecule has 2 rings (SSSR count). The van der Waals surface area contributed by atoms with Crippen molar-refractivity contribution in [2.45, 2.75) is 13.3 Å². The van der Waals surface area contributed by atoms with Crippen LogP contribution in [0.1, 0.15) is 22.0 Å². The summed E-state index contributed by atoms with van der Waals surface area (Å²) in [5, 5.41) is 18.2. The Labute approximate surface area is 120 Å². The van der Waals surface area contributed by atoms with Gasteiger partial charge in [0.05, 0.1) is 5.69 Å². The molecule has 21 heavy (non-hydrogen) atoms. The van der Waals surface area contributed by atoms with Crippen molar-refractivity contribution in [3.63, 3.8) is 0 Å². The van der Waals surface area contributed by atoms with Gasteiger partial charge in [-0.3, -0.25) is 4.68 Å². The molecule has 0 spiro atoms. The summed E-state index contributed by atoms with van der Waals surface area (Å²) in [6.45, 7) is 2.06. The number of hydrogen-bond acceptors (Lipinski definition) is 4. The van der Waals surface area contributed by atoms with Gasteiger partial charge in [-0.05, 0) is 13.0 Å². The number of aromatic carboxylic acids is 1. The van der Waals surface area contributed by atoms with E-state index in [4.69, 9.17) is 5.11 Å². The Hall–Kier alpha value is -2.84. The predicted molar refractivity (Wildman–Crippen MR) is 74.2 cm³/mol. The summed E-state index contributed by atoms with van der Waals surface area (Å²) < 4.78 is 1.58. The maximum atomic E-state index is 11.7. The van der Waals surface area contributed by atoms with E-state index in [9.17, 15) is 9.59 Å². The van der Waals surface area contributed by atoms with Gasteiger partial charge in [0.2, 0.25) is 0 Å². The molecular weight excluding hydrogens is 276 g/mol. The van der Waals surface area contributed by atoms with Gasteiger partial charge in [0, 0.05) is 25.7 Å². The molecule has 2 heterocycles. The molecule has 0 bridgehead atoms. The lowest BCUT2D eigenvalue weighted by molar-refractivity contribution is 0.0692. The van der Waals surface area contributed by atoms with Crippen molar-refractivity contribution in [3.8, 4) is 0 Å². The highest BCUT2D eigenvalue weighted by molar-refractivity contribution is 5.99. The van der Waals surface area contributed by atoms with E-state index in [1.165, 1.54) is 0 Å². The second kappa shape index (κ2) is 6.07. The maximum absolute atomic E-state index is 11.7. The monoisotopic (exact) mass is 292 g/mol. The Kier molecular flexibility index (Phi) is 4.21. The standard InChI is InChI=1S/C12H16N6O3/c1-7-5-8(10(15-7)11(19)20)16-12(21)13-4-3-9-14-6-18(2)17-9/h5-6,15H,3-4H2,1-2H3,(H,19,20)(H2,13,16,21). The van der Waals surface area contributed by atoms with Crippen LogP contribution in [0.2, 0.25) is 0 Å². The first-order chi connectivity index (χ1) is 9.95. The quantitative estimate of drug-likeness (QED) is 0.639. The van der Waals surface area contributed by atoms with Crippen molar-refractivity contribution in [1.29, 1.82) is 0 Å². The molecule has 9 heteroatoms. The topological polar surface area (TPSA) is 125 Å². The Morgan fingerprint density at radius 3 is 2.86 bits per heavy atom. The molecular formula is C12H16N6O3. The summed E-state index contributed by atoms with van der Waals surface area (Å²) in [4.78, 5) is 29.4. The molecule has 0 saturated heterocycles. The summed E-state index contributed by atoms with van der Waals surface area (Å²) in [5.74, 6) is -0.502. The number of aromatic nitrogens is 4. The second-order valence-corrected chi connectivity index (χ2v) is 4.51. The molecule has 0 atom stereocenters. The number of carbonyl (C=O) groups excluding carboxylic acids is 1. The lowest BCUT2D eigenvalue weighted by Gasteiger charge is -2.06. The zero-order valence-electron chi connectivity index (χ0n) is 11.7. The van der Waals surface area contributed by atoms with E-state index in [1.807, 2.05) is 0 Å². The first-order valence-electron chi connectivity index (χ1n) is 6.28. The van der Waals surface area contributed by atoms with Crippen molar-refractivity contribution in [3.05, 3.63) is 29.6 Å². The Morgan fingerprint density at radius 1 is 1.48 bits per heavy atom. The zero-order chi connectivity index (χ0) is 15.4. The van der Waals surface area contributed by atoms with E-state index < -0.39 is 12.0 Å². The van der Waals surface area contributed by atoms with Crippen LogP contribution < -0.4 is 10.6 Å². The molecule has 4 N–H and O–H groups in total. The highest BCUT2D eigenvalue weighted by Gasteiger charge is 2.15. The molecule has 0 aliphatic heterocycles. The molecule has 112 valence electrons. The van der Waals surface area contributed by atoms with Crippen LogP contribution in [0.25, 0.3) is 0 Å². The number of amides is 2. The van der Waals surface area contributed by atoms with Crippen LogP contribution in [0.3, 0.4) is 0 Å². The van der Waals surface area contributed by atoms with Crippen LogP contribution in [0.4, 0.5) is 10.5 Å². The average Bonchev–Trinajstić information content (AvgIpc) is 2.96. The summed E-state index contributed by atoms with van der Waals surface area (Å²) in [6, 6.07) is 1.08. The van der Waals surface area contributed by atoms with Crippen molar-refractivity contribution < 1.29 is 14.7 Å². The second-order valence-electron chi connectivity index (χ2n) is 4.51. The number of aryl methyl sites for hydroxylation is 2. The van der Waals surface area contributed by atoms with Crippen LogP contribution >= 0.6 is 0 Å². The zero-order valence-corrected chi connectivity index (χ0v) is 11.7. The number of H-pyrrole nitrogens is 1. The number of anilines is 1. The molecule has 2 aromatic heterocycles. The number of carbonyl (C=O) groups is 2. The summed E-state index contributed by atoms with van der Waals surface area (Å²) >= 11 is 0. The smallest absolute Gasteiger partial charge is 0.354 e. The first kappa shape index (κ1) is 14.6. The summed E-state index contributed by atoms with van der Waals surface area (Å²) in [7, 11) is 1.76. The number of urea groups is 1. The van der Waals surface area contributed by atoms with Crippen LogP contribution in [0, 0.1) is 6.92 Å². The van der Waals surface area contributed by atoms with Crippen LogP contribution in [0.5, 0.6) is 0 Å². The van der Waals surface area contributed by atoms with E-state index in [0.29, 0.717) is 24.5 Å². The fraction of sp³-hybridized carbons (Fsp3) is 0.333. The maximum Gasteiger partial charge on any atom is 0.354 e. The average molecular weight is 292 g/mol. The molecule has 0 fully saturated rings. The summed E-state index contributed by atoms with van der Waals surface area (Å²) in [5.41, 5.74) is 0.836. The molecule has 0 radical (unpaired) electrons. The van der Waals surface area contributed by atoms with Gasteiger partial charge in [-0.2, -0.15) is 5.10 Å². The number of aromatic amines is 1. The Bertz CT molecular complexity index is 660. The largest absolute Gasteiger partial charge is 0.477 e. The van der Waals surface area contributed by atoms with E-state index in [1.54, 1.807) is 31.0 Å². The number of rotatable bonds is 5. The Morgan fingerprint density at radius 2 is 2.24 bits per heavy atom. The number of nitrogens with zero attached hydrogens (tertiary/aromatic N) is 3. The fourth-order valence-electron chi connectivity index (χ4n) is 1.81. The fourth-order valence-corrected chi connectivity index (χ4v) is 1.81. The van der Waals surface area contributed by atoms with Gasteiger partial charge >= 0.3 is 12.0 Å². The van der Waals surface area contributed by atoms with Crippen molar-refractivity contribution in [1.82, 2.24) is 25.1 Å². The minimum atomic E-state index is -1.13. The SMILES string of the molecule is Cc1cc(NC(=O)NCCc2ncn(C)n2)c(C(=O)O)[nH]1. The van der Waals surface area contributed by atoms with Gasteiger partial charge in [-0.25, -0.2) is 14.6 Å². The predicted octanol–water partition coefficient (Wildman–Crippen LogP) is 0.514. The minimum Gasteiger partial charge on any atom is -0.477 e. The van der Waals surface area contributed by atoms with Crippen molar-refractivity contribution >= 4 is 17.7 Å². The highest BCUT2D eigenvalue weighted by Crippen LogP contribution is 2.16. The molecule has 2 aromatic rings.